The minimum Gasteiger partial charge on any atom is -0.507 e. The molecule has 2 aromatic carbocycles. The van der Waals surface area contributed by atoms with E-state index in [0.717, 1.165) is 0 Å². The van der Waals surface area contributed by atoms with Gasteiger partial charge >= 0.3 is 11.4 Å². The molecule has 3 rings (SSSR count). The molecule has 4 N–H and O–H groups in total. The number of aromatic hydroxyl groups is 1. The van der Waals surface area contributed by atoms with E-state index in [0.29, 0.717) is 16.3 Å². The first-order valence-electron chi connectivity index (χ1n) is 6.72. The predicted molar refractivity (Wildman–Crippen MR) is 86.6 cm³/mol. The SMILES string of the molecule is Cc1ccc2cc(S(=O)(=O)Nc3nc(=O)[nH]c(=O)[nH]3)ccc2c1O. The Bertz CT molecular complexity index is 1140. The van der Waals surface area contributed by atoms with Crippen LogP contribution in [0.3, 0.4) is 0 Å². The minimum atomic E-state index is -4.08. The van der Waals surface area contributed by atoms with Gasteiger partial charge in [-0.15, -0.1) is 0 Å². The van der Waals surface area contributed by atoms with E-state index in [9.17, 15) is 23.1 Å². The molecular formula is C14H12N4O5S. The molecule has 124 valence electrons. The van der Waals surface area contributed by atoms with Crippen molar-refractivity contribution < 1.29 is 13.5 Å². The first kappa shape index (κ1) is 15.7. The zero-order valence-electron chi connectivity index (χ0n) is 12.3. The van der Waals surface area contributed by atoms with Gasteiger partial charge in [0.15, 0.2) is 0 Å². The number of phenols is 1. The summed E-state index contributed by atoms with van der Waals surface area (Å²) in [4.78, 5) is 29.4. The molecule has 1 aromatic heterocycles. The monoisotopic (exact) mass is 348 g/mol. The number of H-pyrrole nitrogens is 2. The number of sulfonamides is 1. The highest BCUT2D eigenvalue weighted by molar-refractivity contribution is 7.92. The van der Waals surface area contributed by atoms with E-state index in [4.69, 9.17) is 0 Å². The Balaban J connectivity index is 2.06. The van der Waals surface area contributed by atoms with Crippen LogP contribution in [0.1, 0.15) is 5.56 Å². The number of aryl methyl sites for hydroxylation is 1. The molecule has 0 atom stereocenters. The quantitative estimate of drug-likeness (QED) is 0.540. The van der Waals surface area contributed by atoms with Crippen molar-refractivity contribution in [2.75, 3.05) is 4.72 Å². The largest absolute Gasteiger partial charge is 0.507 e. The molecule has 1 heterocycles. The molecule has 10 heteroatoms. The highest BCUT2D eigenvalue weighted by Gasteiger charge is 2.17. The Labute approximate surface area is 135 Å². The Morgan fingerprint density at radius 1 is 1.12 bits per heavy atom. The summed E-state index contributed by atoms with van der Waals surface area (Å²) < 4.78 is 26.8. The number of nitrogens with one attached hydrogen (secondary N) is 3. The predicted octanol–water partition coefficient (Wildman–Crippen LogP) is 0.426. The number of benzene rings is 2. The Morgan fingerprint density at radius 2 is 1.88 bits per heavy atom. The fraction of sp³-hybridized carbons (Fsp3) is 0.0714. The molecule has 0 spiro atoms. The molecule has 0 amide bonds. The van der Waals surface area contributed by atoms with Gasteiger partial charge in [0.2, 0.25) is 5.95 Å². The van der Waals surface area contributed by atoms with Crippen LogP contribution >= 0.6 is 0 Å². The number of aromatic amines is 2. The van der Waals surface area contributed by atoms with Crippen molar-refractivity contribution in [3.05, 3.63) is 56.9 Å². The van der Waals surface area contributed by atoms with Crippen LogP contribution in [0.15, 0.2) is 44.8 Å². The lowest BCUT2D eigenvalue weighted by atomic mass is 10.1. The van der Waals surface area contributed by atoms with Crippen molar-refractivity contribution in [3.63, 3.8) is 0 Å². The Kier molecular flexibility index (Phi) is 3.60. The number of nitrogens with zero attached hydrogens (tertiary/aromatic N) is 1. The zero-order valence-corrected chi connectivity index (χ0v) is 13.1. The van der Waals surface area contributed by atoms with Crippen molar-refractivity contribution in [3.8, 4) is 5.75 Å². The number of anilines is 1. The molecule has 0 unspecified atom stereocenters. The summed E-state index contributed by atoms with van der Waals surface area (Å²) >= 11 is 0. The van der Waals surface area contributed by atoms with Crippen molar-refractivity contribution in [2.24, 2.45) is 0 Å². The zero-order chi connectivity index (χ0) is 17.5. The van der Waals surface area contributed by atoms with Crippen LogP contribution in [-0.4, -0.2) is 28.5 Å². The fourth-order valence-electron chi connectivity index (χ4n) is 2.20. The molecule has 24 heavy (non-hydrogen) atoms. The standard InChI is InChI=1S/C14H12N4O5S/c1-7-2-3-8-6-9(4-5-10(8)11(7)19)24(22,23)18-12-15-13(20)17-14(21)16-12/h2-6,19H,1H3,(H3,15,16,17,18,20,21). The smallest absolute Gasteiger partial charge is 0.352 e. The lowest BCUT2D eigenvalue weighted by Gasteiger charge is -2.09. The highest BCUT2D eigenvalue weighted by Crippen LogP contribution is 2.30. The second-order valence-electron chi connectivity index (χ2n) is 5.06. The molecule has 0 radical (unpaired) electrons. The van der Waals surface area contributed by atoms with Gasteiger partial charge in [-0.25, -0.2) is 22.7 Å². The molecule has 0 saturated carbocycles. The van der Waals surface area contributed by atoms with E-state index in [-0.39, 0.29) is 10.6 Å². The number of rotatable bonds is 3. The van der Waals surface area contributed by atoms with Gasteiger partial charge in [-0.05, 0) is 36.1 Å². The first-order chi connectivity index (χ1) is 11.3. The average molecular weight is 348 g/mol. The van der Waals surface area contributed by atoms with E-state index >= 15 is 0 Å². The van der Waals surface area contributed by atoms with E-state index in [2.05, 4.69) is 9.97 Å². The molecule has 0 aliphatic heterocycles. The third kappa shape index (κ3) is 2.86. The fourth-order valence-corrected chi connectivity index (χ4v) is 3.19. The Hall–Kier alpha value is -3.14. The lowest BCUT2D eigenvalue weighted by molar-refractivity contribution is 0.477. The molecule has 3 aromatic rings. The van der Waals surface area contributed by atoms with Crippen molar-refractivity contribution in [1.29, 1.82) is 0 Å². The first-order valence-corrected chi connectivity index (χ1v) is 8.20. The summed E-state index contributed by atoms with van der Waals surface area (Å²) in [7, 11) is -4.08. The minimum absolute atomic E-state index is 0.0741. The van der Waals surface area contributed by atoms with Crippen molar-refractivity contribution in [1.82, 2.24) is 15.0 Å². The summed E-state index contributed by atoms with van der Waals surface area (Å²) in [6.07, 6.45) is 0. The second kappa shape index (κ2) is 5.49. The van der Waals surface area contributed by atoms with Crippen LogP contribution in [0.4, 0.5) is 5.95 Å². The van der Waals surface area contributed by atoms with Crippen LogP contribution in [-0.2, 0) is 10.0 Å². The maximum Gasteiger partial charge on any atom is 0.352 e. The summed E-state index contributed by atoms with van der Waals surface area (Å²) in [6, 6.07) is 7.48. The van der Waals surface area contributed by atoms with E-state index in [1.807, 2.05) is 9.71 Å². The maximum atomic E-state index is 12.4. The molecule has 0 saturated heterocycles. The summed E-state index contributed by atoms with van der Waals surface area (Å²) in [5, 5.41) is 11.0. The number of hydrogen-bond donors (Lipinski definition) is 4. The topological polar surface area (TPSA) is 145 Å². The summed E-state index contributed by atoms with van der Waals surface area (Å²) in [6.45, 7) is 1.73. The van der Waals surface area contributed by atoms with E-state index in [1.165, 1.54) is 18.2 Å². The number of fused-ring (bicyclic) bond motifs is 1. The second-order valence-corrected chi connectivity index (χ2v) is 6.75. The number of hydrogen-bond acceptors (Lipinski definition) is 6. The van der Waals surface area contributed by atoms with Gasteiger partial charge < -0.3 is 5.11 Å². The van der Waals surface area contributed by atoms with Crippen LogP contribution in [0.5, 0.6) is 5.75 Å². The normalized spacial score (nSPS) is 11.5. The number of aromatic nitrogens is 3. The third-order valence-electron chi connectivity index (χ3n) is 3.37. The third-order valence-corrected chi connectivity index (χ3v) is 4.71. The van der Waals surface area contributed by atoms with Crippen molar-refractivity contribution >= 4 is 26.7 Å². The van der Waals surface area contributed by atoms with Gasteiger partial charge in [0, 0.05) is 5.39 Å². The van der Waals surface area contributed by atoms with Crippen LogP contribution < -0.4 is 16.1 Å². The molecule has 0 aliphatic rings. The molecule has 0 bridgehead atoms. The van der Waals surface area contributed by atoms with Crippen LogP contribution in [0.25, 0.3) is 10.8 Å². The van der Waals surface area contributed by atoms with Gasteiger partial charge in [0.05, 0.1) is 4.90 Å². The van der Waals surface area contributed by atoms with Gasteiger partial charge in [-0.1, -0.05) is 12.1 Å². The van der Waals surface area contributed by atoms with Gasteiger partial charge in [0.1, 0.15) is 5.75 Å². The number of phenolic OH excluding ortho intramolecular Hbond substituents is 1. The average Bonchev–Trinajstić information content (AvgIpc) is 2.49. The molecular weight excluding hydrogens is 336 g/mol. The lowest BCUT2D eigenvalue weighted by Crippen LogP contribution is -2.28. The van der Waals surface area contributed by atoms with Gasteiger partial charge in [-0.3, -0.25) is 9.97 Å². The van der Waals surface area contributed by atoms with E-state index < -0.39 is 27.4 Å². The van der Waals surface area contributed by atoms with Crippen LogP contribution in [0, 0.1) is 6.92 Å². The van der Waals surface area contributed by atoms with Crippen LogP contribution in [0.2, 0.25) is 0 Å². The van der Waals surface area contributed by atoms with E-state index in [1.54, 1.807) is 19.1 Å². The molecule has 9 nitrogen and oxygen atoms in total. The van der Waals surface area contributed by atoms with Gasteiger partial charge in [0.25, 0.3) is 10.0 Å². The summed E-state index contributed by atoms with van der Waals surface area (Å²) in [5.74, 6) is -0.416. The molecule has 0 aliphatic carbocycles. The maximum absolute atomic E-state index is 12.4. The molecule has 0 fully saturated rings. The Morgan fingerprint density at radius 3 is 2.58 bits per heavy atom. The van der Waals surface area contributed by atoms with Gasteiger partial charge in [-0.2, -0.15) is 4.98 Å². The highest BCUT2D eigenvalue weighted by atomic mass is 32.2. The summed E-state index contributed by atoms with van der Waals surface area (Å²) in [5.41, 5.74) is -1.19. The van der Waals surface area contributed by atoms with Crippen molar-refractivity contribution in [2.45, 2.75) is 11.8 Å².